The number of allylic oxidation sites excluding steroid dienone is 1. The van der Waals surface area contributed by atoms with Gasteiger partial charge in [0.2, 0.25) is 11.7 Å². The number of amidine groups is 1. The molecule has 274 valence electrons. The van der Waals surface area contributed by atoms with Gasteiger partial charge in [0, 0.05) is 68.1 Å². The molecule has 1 spiro atoms. The predicted molar refractivity (Wildman–Crippen MR) is 188 cm³/mol. The zero-order valence-electron chi connectivity index (χ0n) is 28.9. The number of nitrogens with two attached hydrogens (primary N) is 1. The molecule has 6 rings (SSSR count). The zero-order chi connectivity index (χ0) is 37.3. The van der Waals surface area contributed by atoms with Crippen molar-refractivity contribution in [2.24, 2.45) is 16.1 Å². The van der Waals surface area contributed by atoms with Crippen molar-refractivity contribution in [1.29, 1.82) is 0 Å². The van der Waals surface area contributed by atoms with Crippen molar-refractivity contribution >= 4 is 29.2 Å². The molecule has 3 aromatic rings. The maximum absolute atomic E-state index is 13.0. The number of aromatic nitrogens is 2. The van der Waals surface area contributed by atoms with Gasteiger partial charge in [-0.3, -0.25) is 24.2 Å². The molecule has 3 aliphatic heterocycles. The summed E-state index contributed by atoms with van der Waals surface area (Å²) in [5.41, 5.74) is 7.97. The molecule has 0 saturated carbocycles. The van der Waals surface area contributed by atoms with Crippen LogP contribution in [0.15, 0.2) is 101 Å². The molecule has 3 saturated heterocycles. The van der Waals surface area contributed by atoms with E-state index in [9.17, 15) is 27.6 Å². The van der Waals surface area contributed by atoms with Gasteiger partial charge in [0.25, 0.3) is 11.8 Å². The van der Waals surface area contributed by atoms with Crippen LogP contribution in [0.4, 0.5) is 18.9 Å². The van der Waals surface area contributed by atoms with Gasteiger partial charge in [-0.1, -0.05) is 54.6 Å². The first kappa shape index (κ1) is 37.8. The molecule has 12 nitrogen and oxygen atoms in total. The van der Waals surface area contributed by atoms with Crippen LogP contribution in [0.25, 0.3) is 0 Å². The highest BCUT2D eigenvalue weighted by atomic mass is 19.4. The number of halogens is 3. The fourth-order valence-corrected chi connectivity index (χ4v) is 6.05. The summed E-state index contributed by atoms with van der Waals surface area (Å²) in [5.74, 6) is -1.77. The lowest BCUT2D eigenvalue weighted by molar-refractivity contribution is -0.186. The van der Waals surface area contributed by atoms with E-state index in [0.29, 0.717) is 35.1 Å². The van der Waals surface area contributed by atoms with Gasteiger partial charge in [0.05, 0.1) is 18.9 Å². The van der Waals surface area contributed by atoms with Gasteiger partial charge in [-0.05, 0) is 37.6 Å². The standard InChI is InChI=1S/C20H19F3N6O2.C17H22N2O2/c1-2-29-17(26-13-6-4-3-5-7-13)12(11-24)10-14(19(29)31)27-18(30)16-25-9-8-15(28-16)20(21,22)23;1-2-15(9-19-10-17(11-19)12-21-13-17)16(20)18-8-14-6-4-3-5-7-14/h3-9,11,14H,2,10,24H2,1H3,(H,27,30);2-7H,8-13H2,1H3,(H,18,20)/b12-11-,26-17?;15-2+. The van der Waals surface area contributed by atoms with Crippen molar-refractivity contribution in [3.05, 3.63) is 113 Å². The molecular formula is C37H41F3N8O4. The van der Waals surface area contributed by atoms with Gasteiger partial charge >= 0.3 is 6.18 Å². The Morgan fingerprint density at radius 3 is 2.33 bits per heavy atom. The van der Waals surface area contributed by atoms with Crippen LogP contribution in [0.2, 0.25) is 0 Å². The largest absolute Gasteiger partial charge is 0.433 e. The van der Waals surface area contributed by atoms with Gasteiger partial charge in [-0.2, -0.15) is 13.2 Å². The second-order valence-electron chi connectivity index (χ2n) is 12.7. The summed E-state index contributed by atoms with van der Waals surface area (Å²) < 4.78 is 43.8. The number of aliphatic imine (C=N–C) groups is 1. The molecule has 0 bridgehead atoms. The number of alkyl halides is 3. The Morgan fingerprint density at radius 1 is 1.08 bits per heavy atom. The summed E-state index contributed by atoms with van der Waals surface area (Å²) in [7, 11) is 0. The summed E-state index contributed by atoms with van der Waals surface area (Å²) in [5, 5.41) is 5.40. The van der Waals surface area contributed by atoms with Crippen LogP contribution in [0.1, 0.15) is 42.1 Å². The Labute approximate surface area is 299 Å². The Morgan fingerprint density at radius 2 is 1.75 bits per heavy atom. The molecule has 0 aliphatic carbocycles. The normalized spacial score (nSPS) is 20.1. The van der Waals surface area contributed by atoms with E-state index in [4.69, 9.17) is 10.5 Å². The van der Waals surface area contributed by atoms with Crippen molar-refractivity contribution in [3.8, 4) is 0 Å². The highest BCUT2D eigenvalue weighted by Gasteiger charge is 2.49. The third-order valence-corrected chi connectivity index (χ3v) is 8.76. The molecule has 4 N–H and O–H groups in total. The molecular weight excluding hydrogens is 677 g/mol. The van der Waals surface area contributed by atoms with Crippen molar-refractivity contribution in [2.45, 2.75) is 39.0 Å². The molecule has 1 atom stereocenters. The van der Waals surface area contributed by atoms with E-state index < -0.39 is 35.6 Å². The molecule has 1 unspecified atom stereocenters. The monoisotopic (exact) mass is 718 g/mol. The van der Waals surface area contributed by atoms with Gasteiger partial charge in [0.1, 0.15) is 17.6 Å². The maximum Gasteiger partial charge on any atom is 0.433 e. The van der Waals surface area contributed by atoms with E-state index in [1.54, 1.807) is 31.2 Å². The average Bonchev–Trinajstić information content (AvgIpc) is 3.11. The molecule has 4 heterocycles. The van der Waals surface area contributed by atoms with E-state index in [1.165, 1.54) is 11.1 Å². The number of hydrogen-bond acceptors (Lipinski definition) is 9. The van der Waals surface area contributed by atoms with E-state index >= 15 is 0 Å². The minimum Gasteiger partial charge on any atom is -0.404 e. The van der Waals surface area contributed by atoms with Crippen molar-refractivity contribution in [1.82, 2.24) is 30.4 Å². The van der Waals surface area contributed by atoms with Gasteiger partial charge in [-0.25, -0.2) is 15.0 Å². The Balaban J connectivity index is 0.000000216. The second-order valence-corrected chi connectivity index (χ2v) is 12.7. The number of amides is 3. The van der Waals surface area contributed by atoms with Gasteiger partial charge < -0.3 is 21.1 Å². The molecule has 0 radical (unpaired) electrons. The third kappa shape index (κ3) is 9.27. The highest BCUT2D eigenvalue weighted by molar-refractivity contribution is 6.13. The number of piperidine rings is 1. The van der Waals surface area contributed by atoms with E-state index in [-0.39, 0.29) is 18.9 Å². The van der Waals surface area contributed by atoms with Gasteiger partial charge in [0.15, 0.2) is 0 Å². The summed E-state index contributed by atoms with van der Waals surface area (Å²) in [4.78, 5) is 52.6. The summed E-state index contributed by atoms with van der Waals surface area (Å²) in [6.07, 6.45) is -0.668. The molecule has 15 heteroatoms. The Hall–Kier alpha value is -5.41. The zero-order valence-corrected chi connectivity index (χ0v) is 28.9. The first-order valence-electron chi connectivity index (χ1n) is 16.8. The van der Waals surface area contributed by atoms with Crippen LogP contribution in [0.5, 0.6) is 0 Å². The molecule has 1 aromatic heterocycles. The van der Waals surface area contributed by atoms with E-state index in [2.05, 4.69) is 30.5 Å². The number of carbonyl (C=O) groups excluding carboxylic acids is 3. The minimum atomic E-state index is -4.73. The molecule has 52 heavy (non-hydrogen) atoms. The third-order valence-electron chi connectivity index (χ3n) is 8.76. The Bertz CT molecular complexity index is 1820. The predicted octanol–water partition coefficient (Wildman–Crippen LogP) is 4.00. The fourth-order valence-electron chi connectivity index (χ4n) is 6.05. The number of likely N-dealkylation sites (tertiary alicyclic amines) is 2. The van der Waals surface area contributed by atoms with Crippen LogP contribution in [-0.4, -0.2) is 88.8 Å². The van der Waals surface area contributed by atoms with Crippen LogP contribution >= 0.6 is 0 Å². The summed E-state index contributed by atoms with van der Waals surface area (Å²) in [6, 6.07) is 18.5. The van der Waals surface area contributed by atoms with Crippen molar-refractivity contribution in [3.63, 3.8) is 0 Å². The second kappa shape index (κ2) is 16.7. The molecule has 2 aromatic carbocycles. The average molecular weight is 719 g/mol. The van der Waals surface area contributed by atoms with Crippen LogP contribution in [0.3, 0.4) is 0 Å². The number of nitrogens with one attached hydrogen (secondary N) is 2. The highest BCUT2D eigenvalue weighted by Crippen LogP contribution is 2.37. The number of para-hydroxylation sites is 1. The fraction of sp³-hybridized carbons (Fsp3) is 0.351. The minimum absolute atomic E-state index is 0.0161. The Kier molecular flexibility index (Phi) is 12.2. The number of nitrogens with zero attached hydrogens (tertiary/aromatic N) is 5. The number of benzene rings is 2. The quantitative estimate of drug-likeness (QED) is 0.281. The molecule has 3 fully saturated rings. The van der Waals surface area contributed by atoms with Crippen molar-refractivity contribution in [2.75, 3.05) is 39.4 Å². The molecule has 3 aliphatic rings. The summed E-state index contributed by atoms with van der Waals surface area (Å²) in [6.45, 7) is 9.09. The summed E-state index contributed by atoms with van der Waals surface area (Å²) >= 11 is 0. The smallest absolute Gasteiger partial charge is 0.404 e. The van der Waals surface area contributed by atoms with Crippen LogP contribution in [0, 0.1) is 5.41 Å². The number of likely N-dealkylation sites (N-methyl/N-ethyl adjacent to an activating group) is 1. The first-order chi connectivity index (χ1) is 24.9. The van der Waals surface area contributed by atoms with Crippen molar-refractivity contribution < 1.29 is 32.3 Å². The lowest BCUT2D eigenvalue weighted by Crippen LogP contribution is -2.66. The number of ether oxygens (including phenoxy) is 1. The van der Waals surface area contributed by atoms with Gasteiger partial charge in [-0.15, -0.1) is 0 Å². The number of rotatable bonds is 9. The van der Waals surface area contributed by atoms with Crippen LogP contribution < -0.4 is 16.4 Å². The first-order valence-corrected chi connectivity index (χ1v) is 16.8. The molecule has 3 amide bonds. The topological polar surface area (TPSA) is 155 Å². The lowest BCUT2D eigenvalue weighted by Gasteiger charge is -2.55. The number of carbonyl (C=O) groups is 3. The number of hydrogen-bond donors (Lipinski definition) is 3. The lowest BCUT2D eigenvalue weighted by atomic mass is 9.78. The maximum atomic E-state index is 13.0. The SMILES string of the molecule is C/C=C(\CN1CC2(COC2)C1)C(=O)NCc1ccccc1.CCN1C(=O)C(NC(=O)c2nccc(C(F)(F)F)n2)C/C(=C/N)C1=Nc1ccccc1. The van der Waals surface area contributed by atoms with E-state index in [1.807, 2.05) is 49.4 Å². The van der Waals surface area contributed by atoms with E-state index in [0.717, 1.165) is 50.2 Å². The van der Waals surface area contributed by atoms with Crippen LogP contribution in [-0.2, 0) is 27.0 Å².